The topological polar surface area (TPSA) is 12.4 Å². The monoisotopic (exact) mass is 305 g/mol. The number of benzene rings is 2. The summed E-state index contributed by atoms with van der Waals surface area (Å²) in [4.78, 5) is 4.60. The molecule has 0 aliphatic rings. The van der Waals surface area contributed by atoms with Gasteiger partial charge >= 0.3 is 0 Å². The molecule has 2 aromatic carbocycles. The van der Waals surface area contributed by atoms with Crippen LogP contribution in [0.2, 0.25) is 10.0 Å². The highest BCUT2D eigenvalue weighted by molar-refractivity contribution is 6.33. The van der Waals surface area contributed by atoms with Gasteiger partial charge in [-0.1, -0.05) is 47.0 Å². The molecule has 0 heterocycles. The highest BCUT2D eigenvalue weighted by atomic mass is 35.5. The molecule has 104 valence electrons. The molecular weight excluding hydrogens is 289 g/mol. The van der Waals surface area contributed by atoms with E-state index in [-0.39, 0.29) is 6.04 Å². The molecule has 0 radical (unpaired) electrons. The predicted octanol–water partition coefficient (Wildman–Crippen LogP) is 5.79. The third-order valence-corrected chi connectivity index (χ3v) is 3.86. The first-order valence-electron chi connectivity index (χ1n) is 6.53. The molecule has 0 saturated carbocycles. The fourth-order valence-corrected chi connectivity index (χ4v) is 2.46. The molecule has 0 fully saturated rings. The lowest BCUT2D eigenvalue weighted by Gasteiger charge is -2.10. The second-order valence-electron chi connectivity index (χ2n) is 4.98. The van der Waals surface area contributed by atoms with E-state index in [1.165, 1.54) is 11.1 Å². The first-order chi connectivity index (χ1) is 9.47. The van der Waals surface area contributed by atoms with Crippen molar-refractivity contribution in [2.45, 2.75) is 26.8 Å². The zero-order chi connectivity index (χ0) is 14.7. The lowest BCUT2D eigenvalue weighted by Crippen LogP contribution is -1.94. The molecule has 1 nitrogen and oxygen atoms in total. The van der Waals surface area contributed by atoms with Crippen LogP contribution >= 0.6 is 23.2 Å². The average molecular weight is 306 g/mol. The Labute approximate surface area is 130 Å². The van der Waals surface area contributed by atoms with Crippen LogP contribution in [0.3, 0.4) is 0 Å². The molecule has 0 aliphatic carbocycles. The molecular formula is C17H17Cl2N. The standard InChI is InChI=1S/C17H17Cl2N/c1-11-4-5-12(2)14(8-11)10-20-13(3)16-9-15(18)6-7-17(16)19/h4-10,13H,1-3H3. The van der Waals surface area contributed by atoms with Gasteiger partial charge in [-0.2, -0.15) is 0 Å². The molecule has 0 saturated heterocycles. The average Bonchev–Trinajstić information content (AvgIpc) is 2.42. The predicted molar refractivity (Wildman–Crippen MR) is 88.4 cm³/mol. The van der Waals surface area contributed by atoms with Gasteiger partial charge in [0.25, 0.3) is 0 Å². The summed E-state index contributed by atoms with van der Waals surface area (Å²) >= 11 is 12.2. The molecule has 2 rings (SSSR count). The van der Waals surface area contributed by atoms with Gasteiger partial charge in [-0.15, -0.1) is 0 Å². The Morgan fingerprint density at radius 2 is 1.80 bits per heavy atom. The number of hydrogen-bond acceptors (Lipinski definition) is 1. The molecule has 0 aliphatic heterocycles. The fourth-order valence-electron chi connectivity index (χ4n) is 2.01. The van der Waals surface area contributed by atoms with Crippen molar-refractivity contribution in [3.63, 3.8) is 0 Å². The van der Waals surface area contributed by atoms with Gasteiger partial charge in [0.1, 0.15) is 0 Å². The van der Waals surface area contributed by atoms with Crippen LogP contribution in [0.25, 0.3) is 0 Å². The highest BCUT2D eigenvalue weighted by Crippen LogP contribution is 2.28. The molecule has 0 spiro atoms. The summed E-state index contributed by atoms with van der Waals surface area (Å²) in [5.41, 5.74) is 4.52. The molecule has 1 unspecified atom stereocenters. The van der Waals surface area contributed by atoms with Crippen molar-refractivity contribution >= 4 is 29.4 Å². The van der Waals surface area contributed by atoms with E-state index < -0.39 is 0 Å². The molecule has 0 amide bonds. The van der Waals surface area contributed by atoms with Gasteiger partial charge in [0, 0.05) is 16.3 Å². The normalized spacial score (nSPS) is 12.8. The van der Waals surface area contributed by atoms with Gasteiger partial charge in [0.05, 0.1) is 6.04 Å². The van der Waals surface area contributed by atoms with E-state index in [1.54, 1.807) is 6.07 Å². The van der Waals surface area contributed by atoms with Gasteiger partial charge in [0.2, 0.25) is 0 Å². The van der Waals surface area contributed by atoms with Gasteiger partial charge in [-0.25, -0.2) is 0 Å². The first kappa shape index (κ1) is 15.1. The van der Waals surface area contributed by atoms with Crippen LogP contribution in [0, 0.1) is 13.8 Å². The molecule has 2 aromatic rings. The Morgan fingerprint density at radius 1 is 1.05 bits per heavy atom. The van der Waals surface area contributed by atoms with Crippen molar-refractivity contribution in [3.8, 4) is 0 Å². The van der Waals surface area contributed by atoms with Crippen molar-refractivity contribution in [2.24, 2.45) is 4.99 Å². The second kappa shape index (κ2) is 6.43. The summed E-state index contributed by atoms with van der Waals surface area (Å²) in [6.45, 7) is 6.17. The third-order valence-electron chi connectivity index (χ3n) is 3.28. The van der Waals surface area contributed by atoms with Gasteiger partial charge < -0.3 is 0 Å². The lowest BCUT2D eigenvalue weighted by atomic mass is 10.1. The van der Waals surface area contributed by atoms with E-state index >= 15 is 0 Å². The van der Waals surface area contributed by atoms with E-state index in [4.69, 9.17) is 23.2 Å². The van der Waals surface area contributed by atoms with Crippen LogP contribution in [0.1, 0.15) is 35.2 Å². The zero-order valence-corrected chi connectivity index (χ0v) is 13.3. The molecule has 1 atom stereocenters. The maximum atomic E-state index is 6.20. The van der Waals surface area contributed by atoms with Gasteiger partial charge in [-0.3, -0.25) is 4.99 Å². The van der Waals surface area contributed by atoms with Crippen molar-refractivity contribution < 1.29 is 0 Å². The smallest absolute Gasteiger partial charge is 0.0736 e. The maximum absolute atomic E-state index is 6.20. The third kappa shape index (κ3) is 3.62. The molecule has 0 aromatic heterocycles. The van der Waals surface area contributed by atoms with E-state index in [9.17, 15) is 0 Å². The van der Waals surface area contributed by atoms with Crippen molar-refractivity contribution in [1.29, 1.82) is 0 Å². The van der Waals surface area contributed by atoms with Crippen LogP contribution in [0.15, 0.2) is 41.4 Å². The number of nitrogens with zero attached hydrogens (tertiary/aromatic N) is 1. The van der Waals surface area contributed by atoms with Crippen molar-refractivity contribution in [3.05, 3.63) is 68.7 Å². The van der Waals surface area contributed by atoms with Crippen LogP contribution in [-0.2, 0) is 0 Å². The maximum Gasteiger partial charge on any atom is 0.0736 e. The Bertz CT molecular complexity index is 647. The Kier molecular flexibility index (Phi) is 4.85. The number of halogens is 2. The number of aryl methyl sites for hydroxylation is 2. The van der Waals surface area contributed by atoms with E-state index in [2.05, 4.69) is 37.0 Å². The molecule has 3 heteroatoms. The van der Waals surface area contributed by atoms with Gasteiger partial charge in [0.15, 0.2) is 0 Å². The Balaban J connectivity index is 2.26. The number of aliphatic imine (C=N–C) groups is 1. The van der Waals surface area contributed by atoms with Crippen LogP contribution < -0.4 is 0 Å². The van der Waals surface area contributed by atoms with Crippen molar-refractivity contribution in [2.75, 3.05) is 0 Å². The number of rotatable bonds is 3. The molecule has 0 N–H and O–H groups in total. The summed E-state index contributed by atoms with van der Waals surface area (Å²) in [7, 11) is 0. The Morgan fingerprint density at radius 3 is 2.55 bits per heavy atom. The van der Waals surface area contributed by atoms with Crippen molar-refractivity contribution in [1.82, 2.24) is 0 Å². The first-order valence-corrected chi connectivity index (χ1v) is 7.28. The molecule has 20 heavy (non-hydrogen) atoms. The second-order valence-corrected chi connectivity index (χ2v) is 5.82. The summed E-state index contributed by atoms with van der Waals surface area (Å²) in [6, 6.07) is 11.8. The van der Waals surface area contributed by atoms with E-state index in [0.29, 0.717) is 10.0 Å². The minimum atomic E-state index is -0.0267. The Hall–Kier alpha value is -1.31. The van der Waals surface area contributed by atoms with Crippen LogP contribution in [-0.4, -0.2) is 6.21 Å². The van der Waals surface area contributed by atoms with E-state index in [1.807, 2.05) is 25.3 Å². The number of hydrogen-bond donors (Lipinski definition) is 0. The lowest BCUT2D eigenvalue weighted by molar-refractivity contribution is 0.825. The summed E-state index contributed by atoms with van der Waals surface area (Å²) < 4.78 is 0. The molecule has 0 bridgehead atoms. The minimum Gasteiger partial charge on any atom is -0.285 e. The van der Waals surface area contributed by atoms with Crippen LogP contribution in [0.5, 0.6) is 0 Å². The highest BCUT2D eigenvalue weighted by Gasteiger charge is 2.08. The fraction of sp³-hybridized carbons (Fsp3) is 0.235. The summed E-state index contributed by atoms with van der Waals surface area (Å²) in [6.07, 6.45) is 1.91. The van der Waals surface area contributed by atoms with Crippen LogP contribution in [0.4, 0.5) is 0 Å². The summed E-state index contributed by atoms with van der Waals surface area (Å²) in [5, 5.41) is 1.37. The SMILES string of the molecule is Cc1ccc(C)c(C=NC(C)c2cc(Cl)ccc2Cl)c1. The van der Waals surface area contributed by atoms with E-state index in [0.717, 1.165) is 11.1 Å². The zero-order valence-electron chi connectivity index (χ0n) is 11.8. The largest absolute Gasteiger partial charge is 0.285 e. The quantitative estimate of drug-likeness (QED) is 0.636. The minimum absolute atomic E-state index is 0.0267. The summed E-state index contributed by atoms with van der Waals surface area (Å²) in [5.74, 6) is 0. The van der Waals surface area contributed by atoms with Gasteiger partial charge in [-0.05, 0) is 55.7 Å².